The molecule has 5 heteroatoms. The standard InChI is InChI=1S/C17H13BrN2O2/c18-15-4-2-1-3-11(15)6-8-16(21)20-13-7-5-12-10-19-17(22)14(12)9-13/h1-9H,10H2,(H,19,22)(H,20,21)/b8-6+. The average molecular weight is 357 g/mol. The lowest BCUT2D eigenvalue weighted by Gasteiger charge is -2.04. The molecule has 2 amide bonds. The molecule has 4 nitrogen and oxygen atoms in total. The molecule has 110 valence electrons. The van der Waals surface area contributed by atoms with E-state index in [1.54, 1.807) is 18.2 Å². The minimum atomic E-state index is -0.242. The van der Waals surface area contributed by atoms with Gasteiger partial charge in [-0.3, -0.25) is 9.59 Å². The average Bonchev–Trinajstić information content (AvgIpc) is 2.88. The van der Waals surface area contributed by atoms with Crippen LogP contribution < -0.4 is 10.6 Å². The van der Waals surface area contributed by atoms with Gasteiger partial charge in [-0.1, -0.05) is 40.2 Å². The van der Waals surface area contributed by atoms with Crippen LogP contribution in [0.4, 0.5) is 5.69 Å². The Morgan fingerprint density at radius 2 is 2.05 bits per heavy atom. The number of carbonyl (C=O) groups excluding carboxylic acids is 2. The van der Waals surface area contributed by atoms with Crippen LogP contribution in [-0.2, 0) is 11.3 Å². The number of halogens is 1. The van der Waals surface area contributed by atoms with Gasteiger partial charge in [-0.05, 0) is 35.4 Å². The first-order valence-electron chi connectivity index (χ1n) is 6.78. The van der Waals surface area contributed by atoms with E-state index in [1.165, 1.54) is 6.08 Å². The minimum Gasteiger partial charge on any atom is -0.348 e. The molecule has 2 N–H and O–H groups in total. The van der Waals surface area contributed by atoms with Crippen molar-refractivity contribution in [2.45, 2.75) is 6.54 Å². The third-order valence-electron chi connectivity index (χ3n) is 3.38. The predicted octanol–water partition coefficient (Wildman–Crippen LogP) is 3.34. The number of benzene rings is 2. The molecule has 0 saturated heterocycles. The molecule has 1 heterocycles. The van der Waals surface area contributed by atoms with Gasteiger partial charge in [0.05, 0.1) is 0 Å². The van der Waals surface area contributed by atoms with E-state index in [9.17, 15) is 9.59 Å². The van der Waals surface area contributed by atoms with Gasteiger partial charge in [-0.2, -0.15) is 0 Å². The smallest absolute Gasteiger partial charge is 0.251 e. The largest absolute Gasteiger partial charge is 0.348 e. The van der Waals surface area contributed by atoms with E-state index in [4.69, 9.17) is 0 Å². The second-order valence-electron chi connectivity index (χ2n) is 4.90. The number of anilines is 1. The number of amides is 2. The summed E-state index contributed by atoms with van der Waals surface area (Å²) in [7, 11) is 0. The van der Waals surface area contributed by atoms with Crippen molar-refractivity contribution >= 4 is 39.5 Å². The lowest BCUT2D eigenvalue weighted by atomic mass is 10.1. The quantitative estimate of drug-likeness (QED) is 0.828. The van der Waals surface area contributed by atoms with Crippen molar-refractivity contribution in [2.75, 3.05) is 5.32 Å². The number of fused-ring (bicyclic) bond motifs is 1. The van der Waals surface area contributed by atoms with Crippen LogP contribution in [-0.4, -0.2) is 11.8 Å². The summed E-state index contributed by atoms with van der Waals surface area (Å²) in [6.07, 6.45) is 3.20. The van der Waals surface area contributed by atoms with E-state index in [-0.39, 0.29) is 11.8 Å². The van der Waals surface area contributed by atoms with Crippen LogP contribution in [0.3, 0.4) is 0 Å². The molecule has 0 spiro atoms. The van der Waals surface area contributed by atoms with Gasteiger partial charge >= 0.3 is 0 Å². The molecule has 0 fully saturated rings. The van der Waals surface area contributed by atoms with Crippen molar-refractivity contribution in [1.82, 2.24) is 5.32 Å². The van der Waals surface area contributed by atoms with Crippen LogP contribution in [0.5, 0.6) is 0 Å². The molecule has 0 radical (unpaired) electrons. The molecule has 0 bridgehead atoms. The van der Waals surface area contributed by atoms with Crippen LogP contribution in [0.2, 0.25) is 0 Å². The highest BCUT2D eigenvalue weighted by atomic mass is 79.9. The van der Waals surface area contributed by atoms with Crippen molar-refractivity contribution < 1.29 is 9.59 Å². The summed E-state index contributed by atoms with van der Waals surface area (Å²) in [6.45, 7) is 0.546. The Morgan fingerprint density at radius 1 is 1.23 bits per heavy atom. The lowest BCUT2D eigenvalue weighted by Crippen LogP contribution is -2.13. The maximum absolute atomic E-state index is 12.0. The molecule has 0 unspecified atom stereocenters. The first kappa shape index (κ1) is 14.5. The van der Waals surface area contributed by atoms with Crippen molar-refractivity contribution in [2.24, 2.45) is 0 Å². The summed E-state index contributed by atoms with van der Waals surface area (Å²) in [5, 5.41) is 5.51. The fraction of sp³-hybridized carbons (Fsp3) is 0.0588. The van der Waals surface area contributed by atoms with Gasteiger partial charge in [0.25, 0.3) is 5.91 Å². The van der Waals surface area contributed by atoms with Gasteiger partial charge < -0.3 is 10.6 Å². The van der Waals surface area contributed by atoms with E-state index in [0.29, 0.717) is 17.8 Å². The van der Waals surface area contributed by atoms with Gasteiger partial charge in [0.1, 0.15) is 0 Å². The van der Waals surface area contributed by atoms with Gasteiger partial charge in [-0.15, -0.1) is 0 Å². The Labute approximate surface area is 136 Å². The van der Waals surface area contributed by atoms with Gasteiger partial charge in [0, 0.05) is 28.3 Å². The number of carbonyl (C=O) groups is 2. The third kappa shape index (κ3) is 3.09. The molecule has 2 aromatic carbocycles. The van der Waals surface area contributed by atoms with E-state index in [0.717, 1.165) is 15.6 Å². The minimum absolute atomic E-state index is 0.102. The zero-order chi connectivity index (χ0) is 15.5. The Balaban J connectivity index is 1.71. The predicted molar refractivity (Wildman–Crippen MR) is 89.4 cm³/mol. The molecular weight excluding hydrogens is 344 g/mol. The highest BCUT2D eigenvalue weighted by Gasteiger charge is 2.18. The fourth-order valence-corrected chi connectivity index (χ4v) is 2.67. The van der Waals surface area contributed by atoms with Gasteiger partial charge in [-0.25, -0.2) is 0 Å². The molecule has 3 rings (SSSR count). The van der Waals surface area contributed by atoms with E-state index >= 15 is 0 Å². The maximum Gasteiger partial charge on any atom is 0.251 e. The molecule has 2 aromatic rings. The van der Waals surface area contributed by atoms with Gasteiger partial charge in [0.2, 0.25) is 5.91 Å². The zero-order valence-corrected chi connectivity index (χ0v) is 13.2. The van der Waals surface area contributed by atoms with Crippen LogP contribution in [0.1, 0.15) is 21.5 Å². The van der Waals surface area contributed by atoms with E-state index in [2.05, 4.69) is 26.6 Å². The van der Waals surface area contributed by atoms with E-state index < -0.39 is 0 Å². The summed E-state index contributed by atoms with van der Waals surface area (Å²) in [6, 6.07) is 13.0. The normalized spacial score (nSPS) is 13.0. The lowest BCUT2D eigenvalue weighted by molar-refractivity contribution is -0.111. The SMILES string of the molecule is O=C(/C=C/c1ccccc1Br)Nc1ccc2c(c1)C(=O)NC2. The third-order valence-corrected chi connectivity index (χ3v) is 4.10. The Hall–Kier alpha value is -2.40. The van der Waals surface area contributed by atoms with Crippen molar-refractivity contribution in [3.05, 3.63) is 69.7 Å². The Bertz CT molecular complexity index is 784. The highest BCUT2D eigenvalue weighted by molar-refractivity contribution is 9.10. The molecule has 0 aliphatic carbocycles. The molecule has 1 aliphatic heterocycles. The van der Waals surface area contributed by atoms with Crippen molar-refractivity contribution in [3.63, 3.8) is 0 Å². The summed E-state index contributed by atoms with van der Waals surface area (Å²) >= 11 is 3.43. The number of hydrogen-bond acceptors (Lipinski definition) is 2. The summed E-state index contributed by atoms with van der Waals surface area (Å²) < 4.78 is 0.924. The summed E-state index contributed by atoms with van der Waals surface area (Å²) in [5.41, 5.74) is 3.10. The summed E-state index contributed by atoms with van der Waals surface area (Å²) in [5.74, 6) is -0.344. The fourth-order valence-electron chi connectivity index (χ4n) is 2.25. The Morgan fingerprint density at radius 3 is 2.86 bits per heavy atom. The second-order valence-corrected chi connectivity index (χ2v) is 5.75. The maximum atomic E-state index is 12.0. The zero-order valence-electron chi connectivity index (χ0n) is 11.6. The molecule has 0 atom stereocenters. The second kappa shape index (κ2) is 6.15. The van der Waals surface area contributed by atoms with Crippen molar-refractivity contribution in [1.29, 1.82) is 0 Å². The molecular formula is C17H13BrN2O2. The van der Waals surface area contributed by atoms with E-state index in [1.807, 2.05) is 30.3 Å². The van der Waals surface area contributed by atoms with Gasteiger partial charge in [0.15, 0.2) is 0 Å². The van der Waals surface area contributed by atoms with Crippen LogP contribution in [0.15, 0.2) is 53.0 Å². The number of hydrogen-bond donors (Lipinski definition) is 2. The van der Waals surface area contributed by atoms with Crippen molar-refractivity contribution in [3.8, 4) is 0 Å². The first-order valence-corrected chi connectivity index (χ1v) is 7.57. The number of nitrogens with one attached hydrogen (secondary N) is 2. The Kier molecular flexibility index (Phi) is 4.06. The van der Waals surface area contributed by atoms with Crippen LogP contribution in [0.25, 0.3) is 6.08 Å². The number of rotatable bonds is 3. The van der Waals surface area contributed by atoms with Crippen LogP contribution in [0, 0.1) is 0 Å². The summed E-state index contributed by atoms with van der Waals surface area (Å²) in [4.78, 5) is 23.6. The first-order chi connectivity index (χ1) is 10.6. The molecule has 0 saturated carbocycles. The topological polar surface area (TPSA) is 58.2 Å². The van der Waals surface area contributed by atoms with Crippen LogP contribution >= 0.6 is 15.9 Å². The monoisotopic (exact) mass is 356 g/mol. The molecule has 22 heavy (non-hydrogen) atoms. The molecule has 1 aliphatic rings. The molecule has 0 aromatic heterocycles. The highest BCUT2D eigenvalue weighted by Crippen LogP contribution is 2.20.